The number of hydrogen-bond acceptors (Lipinski definition) is 5. The van der Waals surface area contributed by atoms with Crippen LogP contribution >= 0.6 is 23.4 Å². The van der Waals surface area contributed by atoms with Crippen molar-refractivity contribution in [1.29, 1.82) is 0 Å². The van der Waals surface area contributed by atoms with Crippen molar-refractivity contribution in [3.05, 3.63) is 88.9 Å². The molecule has 1 N–H and O–H groups in total. The number of nitrogens with one attached hydrogen (secondary N) is 1. The highest BCUT2D eigenvalue weighted by Gasteiger charge is 2.14. The molecule has 4 aromatic rings. The van der Waals surface area contributed by atoms with Crippen LogP contribution in [0.4, 0.5) is 0 Å². The number of carbonyl (C=O) groups excluding carboxylic acids is 1. The van der Waals surface area contributed by atoms with Gasteiger partial charge in [0.2, 0.25) is 0 Å². The van der Waals surface area contributed by atoms with E-state index in [2.05, 4.69) is 15.1 Å². The van der Waals surface area contributed by atoms with Gasteiger partial charge in [0, 0.05) is 5.02 Å². The molecule has 6 nitrogen and oxygen atoms in total. The Morgan fingerprint density at radius 3 is 2.58 bits per heavy atom. The molecule has 1 amide bonds. The van der Waals surface area contributed by atoms with Crippen molar-refractivity contribution in [3.8, 4) is 5.75 Å². The molecule has 3 aromatic carbocycles. The van der Waals surface area contributed by atoms with Gasteiger partial charge in [-0.2, -0.15) is 5.10 Å². The first kappa shape index (κ1) is 22.9. The number of aromatic nitrogens is 2. The smallest absolute Gasteiger partial charge is 0.250 e. The van der Waals surface area contributed by atoms with Gasteiger partial charge in [-0.05, 0) is 60.5 Å². The molecule has 0 fully saturated rings. The molecule has 0 bridgehead atoms. The number of thioether (sulfide) groups is 1. The van der Waals surface area contributed by atoms with Crippen LogP contribution in [0, 0.1) is 0 Å². The Kier molecular flexibility index (Phi) is 7.32. The number of benzene rings is 3. The summed E-state index contributed by atoms with van der Waals surface area (Å²) in [5.74, 6) is 0.751. The Hall–Kier alpha value is -3.29. The predicted octanol–water partition coefficient (Wildman–Crippen LogP) is 5.38. The fourth-order valence-corrected chi connectivity index (χ4v) is 4.32. The molecule has 0 atom stereocenters. The van der Waals surface area contributed by atoms with Crippen LogP contribution in [0.5, 0.6) is 5.75 Å². The van der Waals surface area contributed by atoms with Crippen molar-refractivity contribution >= 4 is 46.0 Å². The van der Waals surface area contributed by atoms with Crippen molar-refractivity contribution in [2.45, 2.75) is 18.6 Å². The minimum Gasteiger partial charge on any atom is -0.497 e. The fourth-order valence-electron chi connectivity index (χ4n) is 3.32. The van der Waals surface area contributed by atoms with E-state index in [0.717, 1.165) is 33.1 Å². The molecule has 8 heteroatoms. The molecule has 0 aliphatic heterocycles. The lowest BCUT2D eigenvalue weighted by Crippen LogP contribution is -2.21. The molecule has 33 heavy (non-hydrogen) atoms. The summed E-state index contributed by atoms with van der Waals surface area (Å²) in [4.78, 5) is 17.2. The molecule has 0 saturated carbocycles. The highest BCUT2D eigenvalue weighted by molar-refractivity contribution is 7.99. The Balaban J connectivity index is 1.46. The van der Waals surface area contributed by atoms with E-state index in [1.54, 1.807) is 7.11 Å². The molecule has 0 aliphatic carbocycles. The predicted molar refractivity (Wildman–Crippen MR) is 134 cm³/mol. The number of rotatable bonds is 8. The highest BCUT2D eigenvalue weighted by Crippen LogP contribution is 2.27. The van der Waals surface area contributed by atoms with E-state index < -0.39 is 0 Å². The lowest BCUT2D eigenvalue weighted by molar-refractivity contribution is -0.118. The van der Waals surface area contributed by atoms with Gasteiger partial charge in [-0.3, -0.25) is 4.79 Å². The van der Waals surface area contributed by atoms with Gasteiger partial charge in [0.1, 0.15) is 5.75 Å². The number of carbonyl (C=O) groups is 1. The average molecular weight is 479 g/mol. The molecule has 1 aromatic heterocycles. The van der Waals surface area contributed by atoms with E-state index in [1.165, 1.54) is 11.8 Å². The summed E-state index contributed by atoms with van der Waals surface area (Å²) in [7, 11) is 1.62. The van der Waals surface area contributed by atoms with Crippen LogP contribution in [-0.2, 0) is 11.3 Å². The number of halogens is 1. The third-order valence-corrected chi connectivity index (χ3v) is 6.44. The van der Waals surface area contributed by atoms with E-state index in [9.17, 15) is 4.79 Å². The number of nitrogens with zero attached hydrogens (tertiary/aromatic N) is 3. The monoisotopic (exact) mass is 478 g/mol. The number of para-hydroxylation sites is 2. The Morgan fingerprint density at radius 2 is 1.82 bits per heavy atom. The standard InChI is InChI=1S/C25H23ClN4O2S/c1-17(18-11-13-20(32-2)14-12-18)28-29-24(31)16-33-25-27-22-9-5-6-10-23(22)30(25)15-19-7-3-4-8-21(19)26/h3-14H,15-16H2,1-2H3,(H,29,31)/b28-17+. The third kappa shape index (κ3) is 5.56. The van der Waals surface area contributed by atoms with Gasteiger partial charge in [-0.25, -0.2) is 10.4 Å². The van der Waals surface area contributed by atoms with Gasteiger partial charge < -0.3 is 9.30 Å². The Labute approximate surface area is 201 Å². The SMILES string of the molecule is COc1ccc(/C(C)=N/NC(=O)CSc2nc3ccccc3n2Cc2ccccc2Cl)cc1. The van der Waals surface area contributed by atoms with Crippen molar-refractivity contribution in [2.24, 2.45) is 5.10 Å². The van der Waals surface area contributed by atoms with Crippen LogP contribution < -0.4 is 10.2 Å². The minimum absolute atomic E-state index is 0.186. The van der Waals surface area contributed by atoms with Crippen LogP contribution in [0.15, 0.2) is 83.1 Å². The Morgan fingerprint density at radius 1 is 1.09 bits per heavy atom. The molecule has 0 aliphatic rings. The highest BCUT2D eigenvalue weighted by atomic mass is 35.5. The topological polar surface area (TPSA) is 68.5 Å². The van der Waals surface area contributed by atoms with E-state index >= 15 is 0 Å². The second-order valence-electron chi connectivity index (χ2n) is 7.31. The average Bonchev–Trinajstić information content (AvgIpc) is 3.20. The van der Waals surface area contributed by atoms with Crippen LogP contribution in [-0.4, -0.2) is 34.0 Å². The first-order valence-electron chi connectivity index (χ1n) is 10.3. The number of fused-ring (bicyclic) bond motifs is 1. The molecule has 0 saturated heterocycles. The molecular formula is C25H23ClN4O2S. The first-order chi connectivity index (χ1) is 16.0. The van der Waals surface area contributed by atoms with Gasteiger partial charge in [0.25, 0.3) is 5.91 Å². The largest absolute Gasteiger partial charge is 0.497 e. The zero-order valence-corrected chi connectivity index (χ0v) is 19.9. The second-order valence-corrected chi connectivity index (χ2v) is 8.66. The number of hydrogen-bond donors (Lipinski definition) is 1. The van der Waals surface area contributed by atoms with Crippen LogP contribution in [0.25, 0.3) is 11.0 Å². The fraction of sp³-hybridized carbons (Fsp3) is 0.160. The molecule has 4 rings (SSSR count). The van der Waals surface area contributed by atoms with Crippen molar-refractivity contribution in [2.75, 3.05) is 12.9 Å². The number of ether oxygens (including phenoxy) is 1. The van der Waals surface area contributed by atoms with E-state index in [4.69, 9.17) is 21.3 Å². The summed E-state index contributed by atoms with van der Waals surface area (Å²) in [6, 6.07) is 23.2. The minimum atomic E-state index is -0.204. The number of amides is 1. The van der Waals surface area contributed by atoms with E-state index in [1.807, 2.05) is 79.7 Å². The maximum Gasteiger partial charge on any atom is 0.250 e. The van der Waals surface area contributed by atoms with Gasteiger partial charge in [0.05, 0.1) is 36.2 Å². The van der Waals surface area contributed by atoms with E-state index in [0.29, 0.717) is 17.3 Å². The van der Waals surface area contributed by atoms with Gasteiger partial charge in [-0.1, -0.05) is 53.7 Å². The molecule has 0 spiro atoms. The lowest BCUT2D eigenvalue weighted by Gasteiger charge is -2.10. The molecule has 0 unspecified atom stereocenters. The zero-order chi connectivity index (χ0) is 23.2. The maximum atomic E-state index is 12.5. The number of methoxy groups -OCH3 is 1. The van der Waals surface area contributed by atoms with Crippen LogP contribution in [0.1, 0.15) is 18.1 Å². The van der Waals surface area contributed by atoms with Crippen molar-refractivity contribution < 1.29 is 9.53 Å². The van der Waals surface area contributed by atoms with Gasteiger partial charge in [-0.15, -0.1) is 0 Å². The summed E-state index contributed by atoms with van der Waals surface area (Å²) in [5, 5.41) is 5.68. The Bertz CT molecular complexity index is 1300. The quantitative estimate of drug-likeness (QED) is 0.210. The molecule has 0 radical (unpaired) electrons. The van der Waals surface area contributed by atoms with Gasteiger partial charge >= 0.3 is 0 Å². The summed E-state index contributed by atoms with van der Waals surface area (Å²) in [5.41, 5.74) is 7.11. The molecule has 1 heterocycles. The van der Waals surface area contributed by atoms with E-state index in [-0.39, 0.29) is 11.7 Å². The number of hydrazone groups is 1. The summed E-state index contributed by atoms with van der Waals surface area (Å²) >= 11 is 7.75. The maximum absolute atomic E-state index is 12.5. The normalized spacial score (nSPS) is 11.5. The van der Waals surface area contributed by atoms with Gasteiger partial charge in [0.15, 0.2) is 5.16 Å². The lowest BCUT2D eigenvalue weighted by atomic mass is 10.1. The van der Waals surface area contributed by atoms with Crippen molar-refractivity contribution in [1.82, 2.24) is 15.0 Å². The summed E-state index contributed by atoms with van der Waals surface area (Å²) in [6.45, 7) is 2.41. The van der Waals surface area contributed by atoms with Crippen molar-refractivity contribution in [3.63, 3.8) is 0 Å². The number of imidazole rings is 1. The first-order valence-corrected chi connectivity index (χ1v) is 11.7. The second kappa shape index (κ2) is 10.6. The van der Waals surface area contributed by atoms with Crippen LogP contribution in [0.3, 0.4) is 0 Å². The summed E-state index contributed by atoms with van der Waals surface area (Å²) in [6.07, 6.45) is 0. The zero-order valence-electron chi connectivity index (χ0n) is 18.3. The summed E-state index contributed by atoms with van der Waals surface area (Å²) < 4.78 is 7.25. The third-order valence-electron chi connectivity index (χ3n) is 5.09. The molecule has 168 valence electrons. The van der Waals surface area contributed by atoms with Crippen LogP contribution in [0.2, 0.25) is 5.02 Å². The molecular weight excluding hydrogens is 456 g/mol.